The first kappa shape index (κ1) is 12.5. The summed E-state index contributed by atoms with van der Waals surface area (Å²) in [7, 11) is 1.96. The van der Waals surface area contributed by atoms with Crippen LogP contribution in [-0.4, -0.2) is 18.7 Å². The maximum absolute atomic E-state index is 10.2. The van der Waals surface area contributed by atoms with Crippen molar-refractivity contribution in [2.45, 2.75) is 6.10 Å². The lowest BCUT2D eigenvalue weighted by molar-refractivity contribution is 0.185. The van der Waals surface area contributed by atoms with Gasteiger partial charge in [0, 0.05) is 25.0 Å². The molecular formula is C15H18N2O. The van der Waals surface area contributed by atoms with E-state index in [2.05, 4.69) is 0 Å². The van der Waals surface area contributed by atoms with Crippen molar-refractivity contribution in [2.24, 2.45) is 0 Å². The fourth-order valence-electron chi connectivity index (χ4n) is 1.92. The molecule has 94 valence electrons. The van der Waals surface area contributed by atoms with E-state index < -0.39 is 6.10 Å². The number of aliphatic hydroxyl groups excluding tert-OH is 1. The van der Waals surface area contributed by atoms with Crippen molar-refractivity contribution >= 4 is 11.4 Å². The van der Waals surface area contributed by atoms with Gasteiger partial charge in [0.15, 0.2) is 0 Å². The minimum atomic E-state index is -0.543. The number of nitrogens with two attached hydrogens (primary N) is 1. The van der Waals surface area contributed by atoms with Crippen LogP contribution in [0.1, 0.15) is 11.7 Å². The van der Waals surface area contributed by atoms with Crippen LogP contribution in [0.4, 0.5) is 11.4 Å². The van der Waals surface area contributed by atoms with Crippen molar-refractivity contribution in [2.75, 3.05) is 24.2 Å². The Bertz CT molecular complexity index is 499. The first-order valence-electron chi connectivity index (χ1n) is 5.96. The van der Waals surface area contributed by atoms with E-state index in [0.717, 1.165) is 11.3 Å². The van der Waals surface area contributed by atoms with Crippen LogP contribution in [0.3, 0.4) is 0 Å². The molecule has 0 aliphatic rings. The van der Waals surface area contributed by atoms with Gasteiger partial charge in [-0.25, -0.2) is 0 Å². The highest BCUT2D eigenvalue weighted by atomic mass is 16.3. The molecule has 0 radical (unpaired) electrons. The summed E-state index contributed by atoms with van der Waals surface area (Å²) < 4.78 is 0. The van der Waals surface area contributed by atoms with E-state index in [1.54, 1.807) is 0 Å². The molecule has 0 fully saturated rings. The van der Waals surface area contributed by atoms with E-state index in [4.69, 9.17) is 5.73 Å². The molecule has 2 aromatic carbocycles. The Hall–Kier alpha value is -2.00. The predicted octanol–water partition coefficient (Wildman–Crippen LogP) is 2.44. The molecule has 3 heteroatoms. The summed E-state index contributed by atoms with van der Waals surface area (Å²) in [5.74, 6) is 0. The Morgan fingerprint density at radius 3 is 2.50 bits per heavy atom. The molecule has 3 nitrogen and oxygen atoms in total. The highest BCUT2D eigenvalue weighted by Gasteiger charge is 2.11. The third-order valence-electron chi connectivity index (χ3n) is 2.94. The Kier molecular flexibility index (Phi) is 3.85. The number of hydrogen-bond donors (Lipinski definition) is 2. The zero-order chi connectivity index (χ0) is 13.0. The van der Waals surface area contributed by atoms with Gasteiger partial charge in [-0.05, 0) is 29.8 Å². The highest BCUT2D eigenvalue weighted by Crippen LogP contribution is 2.19. The van der Waals surface area contributed by atoms with E-state index in [9.17, 15) is 5.11 Å². The molecule has 0 saturated heterocycles. The van der Waals surface area contributed by atoms with Gasteiger partial charge in [0.1, 0.15) is 0 Å². The van der Waals surface area contributed by atoms with E-state index in [1.807, 2.05) is 66.5 Å². The van der Waals surface area contributed by atoms with Crippen LogP contribution < -0.4 is 10.6 Å². The standard InChI is InChI=1S/C15H18N2O/c1-17(14-8-3-2-4-9-14)11-15(18)12-6-5-7-13(16)10-12/h2-10,15,18H,11,16H2,1H3. The smallest absolute Gasteiger partial charge is 0.0965 e. The number of para-hydroxylation sites is 1. The topological polar surface area (TPSA) is 49.5 Å². The number of hydrogen-bond acceptors (Lipinski definition) is 3. The zero-order valence-electron chi connectivity index (χ0n) is 10.5. The largest absolute Gasteiger partial charge is 0.399 e. The first-order valence-corrected chi connectivity index (χ1v) is 5.96. The van der Waals surface area contributed by atoms with Gasteiger partial charge < -0.3 is 15.7 Å². The molecule has 18 heavy (non-hydrogen) atoms. The van der Waals surface area contributed by atoms with Crippen LogP contribution in [0.25, 0.3) is 0 Å². The molecule has 3 N–H and O–H groups in total. The average molecular weight is 242 g/mol. The molecule has 0 aliphatic heterocycles. The van der Waals surface area contributed by atoms with Gasteiger partial charge in [0.25, 0.3) is 0 Å². The lowest BCUT2D eigenvalue weighted by Gasteiger charge is -2.23. The summed E-state index contributed by atoms with van der Waals surface area (Å²) in [6.07, 6.45) is -0.543. The van der Waals surface area contributed by atoms with Crippen molar-refractivity contribution in [3.63, 3.8) is 0 Å². The van der Waals surface area contributed by atoms with Crippen LogP contribution in [0.2, 0.25) is 0 Å². The summed E-state index contributed by atoms with van der Waals surface area (Å²) in [4.78, 5) is 2.02. The van der Waals surface area contributed by atoms with E-state index in [0.29, 0.717) is 12.2 Å². The first-order chi connectivity index (χ1) is 8.66. The van der Waals surface area contributed by atoms with Gasteiger partial charge in [-0.1, -0.05) is 30.3 Å². The Labute approximate surface area is 107 Å². The number of benzene rings is 2. The van der Waals surface area contributed by atoms with Crippen LogP contribution in [0.15, 0.2) is 54.6 Å². The summed E-state index contributed by atoms with van der Waals surface area (Å²) in [6, 6.07) is 17.4. The molecule has 0 spiro atoms. The monoisotopic (exact) mass is 242 g/mol. The van der Waals surface area contributed by atoms with E-state index in [-0.39, 0.29) is 0 Å². The second kappa shape index (κ2) is 5.56. The summed E-state index contributed by atoms with van der Waals surface area (Å²) in [5.41, 5.74) is 8.32. The third-order valence-corrected chi connectivity index (χ3v) is 2.94. The van der Waals surface area contributed by atoms with Crippen molar-refractivity contribution < 1.29 is 5.11 Å². The van der Waals surface area contributed by atoms with Crippen molar-refractivity contribution in [3.05, 3.63) is 60.2 Å². The summed E-state index contributed by atoms with van der Waals surface area (Å²) >= 11 is 0. The van der Waals surface area contributed by atoms with Crippen LogP contribution in [-0.2, 0) is 0 Å². The molecule has 0 heterocycles. The molecule has 0 bridgehead atoms. The number of nitrogen functional groups attached to an aromatic ring is 1. The number of nitrogens with zero attached hydrogens (tertiary/aromatic N) is 1. The lowest BCUT2D eigenvalue weighted by atomic mass is 10.1. The fourth-order valence-corrected chi connectivity index (χ4v) is 1.92. The number of likely N-dealkylation sites (N-methyl/N-ethyl adjacent to an activating group) is 1. The molecule has 2 rings (SSSR count). The van der Waals surface area contributed by atoms with E-state index in [1.165, 1.54) is 0 Å². The van der Waals surface area contributed by atoms with Gasteiger partial charge in [-0.15, -0.1) is 0 Å². The third kappa shape index (κ3) is 3.02. The molecule has 2 aromatic rings. The second-order valence-electron chi connectivity index (χ2n) is 4.40. The van der Waals surface area contributed by atoms with Crippen LogP contribution >= 0.6 is 0 Å². The zero-order valence-corrected chi connectivity index (χ0v) is 10.5. The van der Waals surface area contributed by atoms with Gasteiger partial charge in [0.05, 0.1) is 6.10 Å². The van der Waals surface area contributed by atoms with Crippen molar-refractivity contribution in [3.8, 4) is 0 Å². The summed E-state index contributed by atoms with van der Waals surface area (Å²) in [6.45, 7) is 0.535. The molecule has 0 saturated carbocycles. The fraction of sp³-hybridized carbons (Fsp3) is 0.200. The van der Waals surface area contributed by atoms with Gasteiger partial charge in [-0.3, -0.25) is 0 Å². The Balaban J connectivity index is 2.05. The minimum Gasteiger partial charge on any atom is -0.399 e. The van der Waals surface area contributed by atoms with Crippen LogP contribution in [0.5, 0.6) is 0 Å². The van der Waals surface area contributed by atoms with Gasteiger partial charge in [-0.2, -0.15) is 0 Å². The molecular weight excluding hydrogens is 224 g/mol. The second-order valence-corrected chi connectivity index (χ2v) is 4.40. The Morgan fingerprint density at radius 1 is 1.11 bits per heavy atom. The SMILES string of the molecule is CN(CC(O)c1cccc(N)c1)c1ccccc1. The molecule has 0 aromatic heterocycles. The van der Waals surface area contributed by atoms with E-state index >= 15 is 0 Å². The Morgan fingerprint density at radius 2 is 1.83 bits per heavy atom. The predicted molar refractivity (Wildman–Crippen MR) is 75.5 cm³/mol. The maximum atomic E-state index is 10.2. The number of rotatable bonds is 4. The molecule has 0 aliphatic carbocycles. The number of aliphatic hydroxyl groups is 1. The lowest BCUT2D eigenvalue weighted by Crippen LogP contribution is -2.24. The highest BCUT2D eigenvalue weighted by molar-refractivity contribution is 5.46. The number of anilines is 2. The summed E-state index contributed by atoms with van der Waals surface area (Å²) in [5, 5.41) is 10.2. The normalized spacial score (nSPS) is 12.1. The van der Waals surface area contributed by atoms with Gasteiger partial charge >= 0.3 is 0 Å². The molecule has 1 atom stereocenters. The van der Waals surface area contributed by atoms with Crippen LogP contribution in [0, 0.1) is 0 Å². The quantitative estimate of drug-likeness (QED) is 0.810. The maximum Gasteiger partial charge on any atom is 0.0965 e. The van der Waals surface area contributed by atoms with Crippen molar-refractivity contribution in [1.82, 2.24) is 0 Å². The average Bonchev–Trinajstić information content (AvgIpc) is 2.39. The minimum absolute atomic E-state index is 0.535. The molecule has 1 unspecified atom stereocenters. The molecule has 0 amide bonds. The van der Waals surface area contributed by atoms with Gasteiger partial charge in [0.2, 0.25) is 0 Å². The van der Waals surface area contributed by atoms with Crippen molar-refractivity contribution in [1.29, 1.82) is 0 Å².